The highest BCUT2D eigenvalue weighted by Gasteiger charge is 2.47. The van der Waals surface area contributed by atoms with E-state index in [0.29, 0.717) is 50.3 Å². The van der Waals surface area contributed by atoms with Crippen molar-refractivity contribution in [1.29, 1.82) is 0 Å². The van der Waals surface area contributed by atoms with Crippen molar-refractivity contribution in [3.8, 4) is 0 Å². The predicted molar refractivity (Wildman–Crippen MR) is 125 cm³/mol. The average molecular weight is 468 g/mol. The van der Waals surface area contributed by atoms with Gasteiger partial charge in [0.15, 0.2) is 0 Å². The zero-order valence-electron chi connectivity index (χ0n) is 19.6. The predicted octanol–water partition coefficient (Wildman–Crippen LogP) is 2.67. The zero-order valence-corrected chi connectivity index (χ0v) is 19.6. The Bertz CT molecular complexity index is 1080. The fourth-order valence-corrected chi connectivity index (χ4v) is 5.13. The van der Waals surface area contributed by atoms with Crippen molar-refractivity contribution >= 4 is 17.7 Å². The summed E-state index contributed by atoms with van der Waals surface area (Å²) in [6.45, 7) is 3.26. The van der Waals surface area contributed by atoms with Crippen LogP contribution in [0.25, 0.3) is 0 Å². The van der Waals surface area contributed by atoms with Crippen molar-refractivity contribution in [1.82, 2.24) is 15.1 Å². The third-order valence-electron chi connectivity index (χ3n) is 6.98. The number of piperazine rings is 1. The summed E-state index contributed by atoms with van der Waals surface area (Å²) in [5, 5.41) is 2.61. The van der Waals surface area contributed by atoms with Crippen LogP contribution >= 0.6 is 0 Å². The Labute approximate surface area is 198 Å². The van der Waals surface area contributed by atoms with Crippen molar-refractivity contribution in [3.63, 3.8) is 0 Å². The monoisotopic (exact) mass is 467 g/mol. The van der Waals surface area contributed by atoms with Crippen LogP contribution in [-0.4, -0.2) is 67.4 Å². The largest absolute Gasteiger partial charge is 0.381 e. The number of halogens is 1. The summed E-state index contributed by atoms with van der Waals surface area (Å²) in [6.07, 6.45) is 0.799. The lowest BCUT2D eigenvalue weighted by atomic mass is 9.72. The molecule has 2 aromatic rings. The number of carbonyl (C=O) groups is 3. The van der Waals surface area contributed by atoms with Gasteiger partial charge in [-0.2, -0.15) is 0 Å². The Balaban J connectivity index is 1.68. The van der Waals surface area contributed by atoms with Crippen LogP contribution in [0.15, 0.2) is 48.5 Å². The van der Waals surface area contributed by atoms with Gasteiger partial charge >= 0.3 is 0 Å². The quantitative estimate of drug-likeness (QED) is 0.750. The maximum atomic E-state index is 14.9. The van der Waals surface area contributed by atoms with Crippen LogP contribution in [-0.2, 0) is 19.7 Å². The molecule has 0 radical (unpaired) electrons. The standard InChI is InChI=1S/C26H30FN3O4/c1-18(31)30-13-12-29(17-23(30)19-6-5-7-20(16-19)24(32)28-2)25(33)26(10-14-34-15-11-26)21-8-3-4-9-22(21)27/h3-9,16,23H,10-15,17H2,1-2H3,(H,28,32)/t23-/m0/s1. The molecule has 1 N–H and O–H groups in total. The van der Waals surface area contributed by atoms with E-state index in [9.17, 15) is 18.8 Å². The molecule has 2 aliphatic rings. The molecular weight excluding hydrogens is 437 g/mol. The summed E-state index contributed by atoms with van der Waals surface area (Å²) < 4.78 is 20.4. The van der Waals surface area contributed by atoms with Crippen LogP contribution in [0.4, 0.5) is 4.39 Å². The molecule has 1 atom stereocenters. The lowest BCUT2D eigenvalue weighted by molar-refractivity contribution is -0.148. The van der Waals surface area contributed by atoms with Gasteiger partial charge in [0, 0.05) is 57.9 Å². The highest BCUT2D eigenvalue weighted by molar-refractivity contribution is 5.94. The van der Waals surface area contributed by atoms with Gasteiger partial charge in [-0.25, -0.2) is 4.39 Å². The summed E-state index contributed by atoms with van der Waals surface area (Å²) in [5.74, 6) is -0.857. The molecule has 0 unspecified atom stereocenters. The van der Waals surface area contributed by atoms with E-state index >= 15 is 0 Å². The molecule has 0 spiro atoms. The highest BCUT2D eigenvalue weighted by Crippen LogP contribution is 2.39. The Morgan fingerprint density at radius 3 is 2.47 bits per heavy atom. The first-order chi connectivity index (χ1) is 16.4. The van der Waals surface area contributed by atoms with E-state index in [2.05, 4.69) is 5.32 Å². The van der Waals surface area contributed by atoms with Crippen LogP contribution in [0.3, 0.4) is 0 Å². The van der Waals surface area contributed by atoms with Gasteiger partial charge in [-0.15, -0.1) is 0 Å². The SMILES string of the molecule is CNC(=O)c1cccc([C@@H]2CN(C(=O)C3(c4ccccc4F)CCOCC3)CCN2C(C)=O)c1. The maximum Gasteiger partial charge on any atom is 0.251 e. The van der Waals surface area contributed by atoms with Crippen molar-refractivity contribution in [3.05, 3.63) is 71.0 Å². The number of rotatable bonds is 4. The third-order valence-corrected chi connectivity index (χ3v) is 6.98. The minimum atomic E-state index is -1.00. The lowest BCUT2D eigenvalue weighted by Gasteiger charge is -2.46. The number of benzene rings is 2. The molecule has 2 aromatic carbocycles. The molecule has 3 amide bonds. The number of hydrogen-bond donors (Lipinski definition) is 1. The molecule has 0 bridgehead atoms. The molecule has 0 aliphatic carbocycles. The second-order valence-electron chi connectivity index (χ2n) is 8.86. The minimum absolute atomic E-state index is 0.0997. The van der Waals surface area contributed by atoms with Crippen LogP contribution in [0, 0.1) is 5.82 Å². The van der Waals surface area contributed by atoms with E-state index in [0.717, 1.165) is 5.56 Å². The molecule has 180 valence electrons. The van der Waals surface area contributed by atoms with Crippen LogP contribution < -0.4 is 5.32 Å². The van der Waals surface area contributed by atoms with E-state index in [4.69, 9.17) is 4.74 Å². The number of nitrogens with one attached hydrogen (secondary N) is 1. The molecule has 2 aliphatic heterocycles. The normalized spacial score (nSPS) is 20.0. The van der Waals surface area contributed by atoms with E-state index in [1.807, 2.05) is 6.07 Å². The summed E-state index contributed by atoms with van der Waals surface area (Å²) in [4.78, 5) is 42.1. The van der Waals surface area contributed by atoms with E-state index in [1.165, 1.54) is 13.0 Å². The topological polar surface area (TPSA) is 79.0 Å². The first-order valence-electron chi connectivity index (χ1n) is 11.6. The number of carbonyl (C=O) groups excluding carboxylic acids is 3. The highest BCUT2D eigenvalue weighted by atomic mass is 19.1. The molecule has 2 fully saturated rings. The molecule has 2 heterocycles. The Morgan fingerprint density at radius 1 is 1.06 bits per heavy atom. The molecule has 8 heteroatoms. The average Bonchev–Trinajstić information content (AvgIpc) is 2.88. The lowest BCUT2D eigenvalue weighted by Crippen LogP contribution is -2.57. The van der Waals surface area contributed by atoms with Gasteiger partial charge in [0.05, 0.1) is 11.5 Å². The van der Waals surface area contributed by atoms with Crippen LogP contribution in [0.2, 0.25) is 0 Å². The van der Waals surface area contributed by atoms with Crippen LogP contribution in [0.5, 0.6) is 0 Å². The molecule has 0 aromatic heterocycles. The maximum absolute atomic E-state index is 14.9. The summed E-state index contributed by atoms with van der Waals surface area (Å²) in [7, 11) is 1.56. The van der Waals surface area contributed by atoms with Crippen LogP contribution in [0.1, 0.15) is 47.3 Å². The summed E-state index contributed by atoms with van der Waals surface area (Å²) in [5.41, 5.74) is 0.659. The first-order valence-corrected chi connectivity index (χ1v) is 11.6. The van der Waals surface area contributed by atoms with Crippen molar-refractivity contribution in [2.24, 2.45) is 0 Å². The van der Waals surface area contributed by atoms with Gasteiger partial charge in [-0.3, -0.25) is 14.4 Å². The van der Waals surface area contributed by atoms with Gasteiger partial charge in [0.1, 0.15) is 5.82 Å². The molecule has 34 heavy (non-hydrogen) atoms. The second-order valence-corrected chi connectivity index (χ2v) is 8.86. The van der Waals surface area contributed by atoms with E-state index in [1.54, 1.807) is 53.2 Å². The number of nitrogens with zero attached hydrogens (tertiary/aromatic N) is 2. The van der Waals surface area contributed by atoms with E-state index in [-0.39, 0.29) is 24.3 Å². The number of hydrogen-bond acceptors (Lipinski definition) is 4. The molecule has 0 saturated carbocycles. The zero-order chi connectivity index (χ0) is 24.3. The van der Waals surface area contributed by atoms with Gasteiger partial charge in [0.2, 0.25) is 11.8 Å². The number of amides is 3. The number of ether oxygens (including phenoxy) is 1. The Kier molecular flexibility index (Phi) is 6.97. The first kappa shape index (κ1) is 23.9. The second kappa shape index (κ2) is 9.93. The molecular formula is C26H30FN3O4. The van der Waals surface area contributed by atoms with Gasteiger partial charge in [0.25, 0.3) is 5.91 Å². The van der Waals surface area contributed by atoms with Crippen molar-refractivity contribution in [2.45, 2.75) is 31.2 Å². The van der Waals surface area contributed by atoms with Crippen molar-refractivity contribution in [2.75, 3.05) is 39.9 Å². The Hall–Kier alpha value is -3.26. The molecule has 7 nitrogen and oxygen atoms in total. The molecule has 2 saturated heterocycles. The van der Waals surface area contributed by atoms with Gasteiger partial charge in [-0.1, -0.05) is 30.3 Å². The fourth-order valence-electron chi connectivity index (χ4n) is 5.13. The molecule has 4 rings (SSSR count). The fraction of sp³-hybridized carbons (Fsp3) is 0.423. The summed E-state index contributed by atoms with van der Waals surface area (Å²) in [6, 6.07) is 13.2. The third kappa shape index (κ3) is 4.42. The summed E-state index contributed by atoms with van der Waals surface area (Å²) >= 11 is 0. The van der Waals surface area contributed by atoms with E-state index < -0.39 is 17.3 Å². The van der Waals surface area contributed by atoms with Crippen molar-refractivity contribution < 1.29 is 23.5 Å². The minimum Gasteiger partial charge on any atom is -0.381 e. The van der Waals surface area contributed by atoms with Gasteiger partial charge in [-0.05, 0) is 36.6 Å². The Morgan fingerprint density at radius 2 is 1.79 bits per heavy atom. The smallest absolute Gasteiger partial charge is 0.251 e. The van der Waals surface area contributed by atoms with Gasteiger partial charge < -0.3 is 19.9 Å².